The summed E-state index contributed by atoms with van der Waals surface area (Å²) in [6, 6.07) is 18.6. The Kier molecular flexibility index (Phi) is 15.8. The highest BCUT2D eigenvalue weighted by Crippen LogP contribution is 2.53. The maximum atomic E-state index is 14.3. The van der Waals surface area contributed by atoms with Gasteiger partial charge in [-0.2, -0.15) is 0 Å². The minimum atomic E-state index is -0.693. The van der Waals surface area contributed by atoms with Crippen molar-refractivity contribution < 1.29 is 44.6 Å². The number of phenolic OH excluding ortho intramolecular Hbond substituents is 2. The van der Waals surface area contributed by atoms with E-state index in [1.54, 1.807) is 39.8 Å². The lowest BCUT2D eigenvalue weighted by Crippen LogP contribution is -2.37. The quantitative estimate of drug-likeness (QED) is 0.0385. The number of aliphatic hydroxyl groups excluding tert-OH is 2. The van der Waals surface area contributed by atoms with Crippen molar-refractivity contribution in [1.82, 2.24) is 5.32 Å². The number of ketones is 2. The number of anilines is 1. The third-order valence-corrected chi connectivity index (χ3v) is 15.8. The van der Waals surface area contributed by atoms with Crippen molar-refractivity contribution >= 4 is 49.6 Å². The van der Waals surface area contributed by atoms with E-state index in [-0.39, 0.29) is 60.2 Å². The third kappa shape index (κ3) is 11.3. The lowest BCUT2D eigenvalue weighted by atomic mass is 9.82. The van der Waals surface area contributed by atoms with Crippen LogP contribution < -0.4 is 15.4 Å². The second-order valence-electron chi connectivity index (χ2n) is 17.5. The Morgan fingerprint density at radius 2 is 1.81 bits per heavy atom. The van der Waals surface area contributed by atoms with Crippen molar-refractivity contribution in [2.45, 2.75) is 126 Å². The van der Waals surface area contributed by atoms with E-state index >= 15 is 0 Å². The number of Topliss-reactive ketones (excluding diaryl/α,β-unsaturated/α-hetero) is 2. The fraction of sp³-hybridized carbons (Fsp3) is 0.510. The van der Waals surface area contributed by atoms with Crippen LogP contribution in [0, 0.1) is 5.92 Å². The Bertz CT molecular complexity index is 2190. The summed E-state index contributed by atoms with van der Waals surface area (Å²) < 4.78 is 13.1. The lowest BCUT2D eigenvalue weighted by molar-refractivity contribution is -0.127. The summed E-state index contributed by atoms with van der Waals surface area (Å²) in [7, 11) is 4.84. The number of methoxy groups -OCH3 is 1. The van der Waals surface area contributed by atoms with Gasteiger partial charge in [-0.3, -0.25) is 14.9 Å². The van der Waals surface area contributed by atoms with Crippen molar-refractivity contribution in [2.24, 2.45) is 5.92 Å². The number of fused-ring (bicyclic) bond motifs is 9. The molecule has 2 aliphatic carbocycles. The molecule has 7 rings (SSSR count). The van der Waals surface area contributed by atoms with Crippen LogP contribution in [0.1, 0.15) is 118 Å². The Morgan fingerprint density at radius 3 is 2.58 bits per heavy atom. The molecule has 1 heterocycles. The molecule has 62 heavy (non-hydrogen) atoms. The van der Waals surface area contributed by atoms with Gasteiger partial charge in [-0.05, 0) is 134 Å². The molecule has 1 saturated carbocycles. The molecule has 1 saturated heterocycles. The van der Waals surface area contributed by atoms with Crippen LogP contribution in [-0.2, 0) is 27.4 Å². The topological polar surface area (TPSA) is 178 Å². The molecule has 0 unspecified atom stereocenters. The monoisotopic (exact) mass is 886 g/mol. The molecule has 0 aromatic heterocycles. The summed E-state index contributed by atoms with van der Waals surface area (Å²) in [5, 5.41) is 63.8. The number of carbonyl (C=O) groups is 2. The van der Waals surface area contributed by atoms with Gasteiger partial charge in [0.2, 0.25) is 0 Å². The standard InChI is InChI=1S/C49H62N2O9S2/c1-30(53)27-51-41-16-10-34(23-35(41)28-52)48(50-22-6-21-49(58)19-4-3-5-20-49)60-43-26-37(55)14-8-32-11-17-42(57)47(59-2)45(32)39-15-9-31-7-13-36(54)25-40(31)46(39)44-18-12-33(43)24-38(56)29-61-62-44/h7,9-11,13,15-17,23,25,33,38,43-44,48,50-52,54,56-58H,3-6,8,12,14,18-22,24,26-29H2,1-2H3/t33-,38+,43+,44+,48+/m1/s1. The molecule has 0 amide bonds. The van der Waals surface area contributed by atoms with Crippen LogP contribution in [0.5, 0.6) is 17.2 Å². The van der Waals surface area contributed by atoms with Crippen molar-refractivity contribution in [2.75, 3.05) is 31.3 Å². The zero-order chi connectivity index (χ0) is 43.8. The van der Waals surface area contributed by atoms with Gasteiger partial charge in [0.1, 0.15) is 23.5 Å². The smallest absolute Gasteiger partial charge is 0.168 e. The molecule has 3 aliphatic rings. The minimum absolute atomic E-state index is 0.00339. The number of hydrogen-bond donors (Lipinski definition) is 7. The summed E-state index contributed by atoms with van der Waals surface area (Å²) in [6.07, 6.45) is 6.64. The number of nitrogens with one attached hydrogen (secondary N) is 2. The van der Waals surface area contributed by atoms with Gasteiger partial charge in [-0.1, -0.05) is 71.2 Å². The molecule has 334 valence electrons. The van der Waals surface area contributed by atoms with Gasteiger partial charge in [-0.15, -0.1) is 0 Å². The van der Waals surface area contributed by atoms with Crippen LogP contribution in [-0.4, -0.2) is 80.9 Å². The zero-order valence-corrected chi connectivity index (χ0v) is 37.5. The first-order valence-electron chi connectivity index (χ1n) is 22.2. The highest BCUT2D eigenvalue weighted by molar-refractivity contribution is 8.76. The molecule has 0 spiro atoms. The number of aryl methyl sites for hydroxylation is 1. The first-order chi connectivity index (χ1) is 29.9. The minimum Gasteiger partial charge on any atom is -0.508 e. The fourth-order valence-corrected chi connectivity index (χ4v) is 12.5. The molecule has 11 nitrogen and oxygen atoms in total. The van der Waals surface area contributed by atoms with E-state index in [9.17, 15) is 35.1 Å². The van der Waals surface area contributed by atoms with Gasteiger partial charge in [0, 0.05) is 40.7 Å². The normalized spacial score (nSPS) is 22.4. The predicted molar refractivity (Wildman–Crippen MR) is 248 cm³/mol. The maximum absolute atomic E-state index is 14.3. The van der Waals surface area contributed by atoms with Gasteiger partial charge in [0.25, 0.3) is 0 Å². The summed E-state index contributed by atoms with van der Waals surface area (Å²) in [5.41, 5.74) is 4.77. The number of phenols is 2. The highest BCUT2D eigenvalue weighted by atomic mass is 33.1. The Morgan fingerprint density at radius 1 is 1.00 bits per heavy atom. The van der Waals surface area contributed by atoms with Crippen LogP contribution in [0.2, 0.25) is 0 Å². The number of aromatic hydroxyl groups is 2. The molecule has 2 fully saturated rings. The van der Waals surface area contributed by atoms with E-state index in [0.29, 0.717) is 67.8 Å². The molecule has 1 aliphatic heterocycles. The first kappa shape index (κ1) is 46.2. The summed E-state index contributed by atoms with van der Waals surface area (Å²) in [4.78, 5) is 26.2. The van der Waals surface area contributed by atoms with Crippen LogP contribution in [0.15, 0.2) is 60.7 Å². The number of aliphatic hydroxyl groups is 3. The maximum Gasteiger partial charge on any atom is 0.168 e. The van der Waals surface area contributed by atoms with Crippen molar-refractivity contribution in [1.29, 1.82) is 0 Å². The third-order valence-electron chi connectivity index (χ3n) is 12.9. The van der Waals surface area contributed by atoms with E-state index in [0.717, 1.165) is 70.7 Å². The molecule has 13 heteroatoms. The lowest BCUT2D eigenvalue weighted by Gasteiger charge is -2.34. The van der Waals surface area contributed by atoms with E-state index in [1.165, 1.54) is 14.0 Å². The molecule has 7 N–H and O–H groups in total. The number of carbonyl (C=O) groups excluding carboxylic acids is 2. The molecule has 4 aromatic carbocycles. The van der Waals surface area contributed by atoms with Crippen molar-refractivity contribution in [3.63, 3.8) is 0 Å². The Labute approximate surface area is 372 Å². The summed E-state index contributed by atoms with van der Waals surface area (Å²) >= 11 is 0. The largest absolute Gasteiger partial charge is 0.508 e. The predicted octanol–water partition coefficient (Wildman–Crippen LogP) is 9.06. The van der Waals surface area contributed by atoms with E-state index in [4.69, 9.17) is 9.47 Å². The van der Waals surface area contributed by atoms with Gasteiger partial charge in [0.15, 0.2) is 11.5 Å². The number of rotatable bonds is 13. The van der Waals surface area contributed by atoms with Crippen molar-refractivity contribution in [3.8, 4) is 28.4 Å². The molecule has 0 radical (unpaired) electrons. The van der Waals surface area contributed by atoms with Crippen molar-refractivity contribution in [3.05, 3.63) is 82.9 Å². The number of benzene rings is 4. The van der Waals surface area contributed by atoms with Crippen LogP contribution in [0.25, 0.3) is 21.9 Å². The average molecular weight is 887 g/mol. The highest BCUT2D eigenvalue weighted by Gasteiger charge is 2.35. The van der Waals surface area contributed by atoms with Crippen LogP contribution >= 0.6 is 21.6 Å². The molecular weight excluding hydrogens is 825 g/mol. The Hall–Kier alpha value is -3.82. The SMILES string of the molecule is COc1c(O)ccc2c1-c1ccc3ccc(O)cc3c1[C@@H]1CC[C@H](C[C@H](O)CSS1)[C@@H](O[C@H](NCCCC1(O)CCCCC1)c1ccc(NCC(C)=O)c(CO)c1)CC(=O)CC2. The number of ether oxygens (including phenoxy) is 2. The van der Waals surface area contributed by atoms with E-state index < -0.39 is 24.0 Å². The van der Waals surface area contributed by atoms with Gasteiger partial charge >= 0.3 is 0 Å². The Balaban J connectivity index is 1.28. The number of hydrogen-bond acceptors (Lipinski definition) is 13. The summed E-state index contributed by atoms with van der Waals surface area (Å²) in [6.45, 7) is 1.90. The van der Waals surface area contributed by atoms with Gasteiger partial charge in [-0.25, -0.2) is 0 Å². The average Bonchev–Trinajstić information content (AvgIpc) is 3.35. The van der Waals surface area contributed by atoms with Gasteiger partial charge in [0.05, 0.1) is 38.1 Å². The molecule has 5 atom stereocenters. The second kappa shape index (κ2) is 21.2. The van der Waals surface area contributed by atoms with Crippen LogP contribution in [0.3, 0.4) is 0 Å². The molecule has 4 aromatic rings. The van der Waals surface area contributed by atoms with E-state index in [1.807, 2.05) is 36.4 Å². The van der Waals surface area contributed by atoms with Gasteiger partial charge < -0.3 is 40.3 Å². The fourth-order valence-electron chi connectivity index (χ4n) is 9.65. The molecular formula is C49H62N2O9S2. The summed E-state index contributed by atoms with van der Waals surface area (Å²) in [5.74, 6) is 0.682. The zero-order valence-electron chi connectivity index (χ0n) is 35.9. The molecule has 2 bridgehead atoms. The van der Waals surface area contributed by atoms with E-state index in [2.05, 4.69) is 16.7 Å². The van der Waals surface area contributed by atoms with Crippen LogP contribution in [0.4, 0.5) is 5.69 Å². The second-order valence-corrected chi connectivity index (χ2v) is 20.1. The first-order valence-corrected chi connectivity index (χ1v) is 24.5.